The number of methoxy groups -OCH3 is 2. The van der Waals surface area contributed by atoms with Crippen molar-refractivity contribution in [1.29, 1.82) is 0 Å². The van der Waals surface area contributed by atoms with Gasteiger partial charge in [0.05, 0.1) is 7.11 Å². The van der Waals surface area contributed by atoms with E-state index in [9.17, 15) is 4.79 Å². The molecule has 3 N–H and O–H groups in total. The van der Waals surface area contributed by atoms with Crippen LogP contribution in [0.1, 0.15) is 5.56 Å². The van der Waals surface area contributed by atoms with E-state index in [4.69, 9.17) is 15.2 Å². The second-order valence-corrected chi connectivity index (χ2v) is 4.23. The lowest BCUT2D eigenvalue weighted by molar-refractivity contribution is -0.130. The van der Waals surface area contributed by atoms with Gasteiger partial charge in [-0.3, -0.25) is 4.79 Å². The molecule has 0 fully saturated rings. The molecule has 110 valence electrons. The van der Waals surface area contributed by atoms with Crippen LogP contribution in [-0.2, 0) is 16.0 Å². The van der Waals surface area contributed by atoms with Gasteiger partial charge < -0.3 is 20.5 Å². The van der Waals surface area contributed by atoms with Crippen molar-refractivity contribution in [2.45, 2.75) is 12.5 Å². The van der Waals surface area contributed by atoms with Crippen LogP contribution < -0.4 is 15.8 Å². The Bertz CT molecular complexity index is 446. The summed E-state index contributed by atoms with van der Waals surface area (Å²) >= 11 is 0. The van der Waals surface area contributed by atoms with E-state index in [0.717, 1.165) is 11.3 Å². The van der Waals surface area contributed by atoms with Crippen LogP contribution in [0.4, 0.5) is 0 Å². The Kier molecular flexibility index (Phi) is 7.39. The maximum absolute atomic E-state index is 12.0. The summed E-state index contributed by atoms with van der Waals surface area (Å²) in [5.74, 6) is 0.626. The maximum Gasteiger partial charge on any atom is 0.249 e. The molecule has 0 heterocycles. The summed E-state index contributed by atoms with van der Waals surface area (Å²) in [6.07, 6.45) is 3.59. The summed E-state index contributed by atoms with van der Waals surface area (Å²) in [5, 5.41) is 2.78. The lowest BCUT2D eigenvalue weighted by Gasteiger charge is -2.15. The fourth-order valence-electron chi connectivity index (χ4n) is 1.75. The number of ether oxygens (including phenoxy) is 2. The molecule has 0 unspecified atom stereocenters. The second kappa shape index (κ2) is 9.12. The van der Waals surface area contributed by atoms with Crippen molar-refractivity contribution in [2.75, 3.05) is 27.3 Å². The second-order valence-electron chi connectivity index (χ2n) is 4.23. The molecule has 0 saturated heterocycles. The van der Waals surface area contributed by atoms with Gasteiger partial charge in [0.25, 0.3) is 0 Å². The number of rotatable bonds is 8. The van der Waals surface area contributed by atoms with Gasteiger partial charge in [0.1, 0.15) is 11.9 Å². The standard InChI is InChI=1S/C15H22N2O3/c1-19-13-7-5-6-12(10-13)11-14(20-2)15(18)17-9-4-3-8-16/h3-7,10,14H,8-9,11,16H2,1-2H3,(H,17,18)/b4-3+/t14-/m0/s1. The van der Waals surface area contributed by atoms with Crippen molar-refractivity contribution in [3.8, 4) is 5.75 Å². The zero-order valence-electron chi connectivity index (χ0n) is 12.0. The van der Waals surface area contributed by atoms with Crippen LogP contribution >= 0.6 is 0 Å². The summed E-state index contributed by atoms with van der Waals surface area (Å²) in [6, 6.07) is 7.59. The molecule has 0 aliphatic heterocycles. The number of amides is 1. The average Bonchev–Trinajstić information content (AvgIpc) is 2.49. The number of carbonyl (C=O) groups is 1. The maximum atomic E-state index is 12.0. The van der Waals surface area contributed by atoms with Crippen LogP contribution in [0.25, 0.3) is 0 Å². The number of nitrogens with one attached hydrogen (secondary N) is 1. The quantitative estimate of drug-likeness (QED) is 0.692. The molecule has 0 aliphatic rings. The lowest BCUT2D eigenvalue weighted by atomic mass is 10.1. The zero-order chi connectivity index (χ0) is 14.8. The highest BCUT2D eigenvalue weighted by molar-refractivity contribution is 5.81. The monoisotopic (exact) mass is 278 g/mol. The fourth-order valence-corrected chi connectivity index (χ4v) is 1.75. The summed E-state index contributed by atoms with van der Waals surface area (Å²) in [6.45, 7) is 0.918. The van der Waals surface area contributed by atoms with Gasteiger partial charge in [-0.25, -0.2) is 0 Å². The van der Waals surface area contributed by atoms with Crippen molar-refractivity contribution in [2.24, 2.45) is 5.73 Å². The summed E-state index contributed by atoms with van der Waals surface area (Å²) < 4.78 is 10.4. The van der Waals surface area contributed by atoms with Crippen molar-refractivity contribution < 1.29 is 14.3 Å². The number of hydrogen-bond acceptors (Lipinski definition) is 4. The van der Waals surface area contributed by atoms with Gasteiger partial charge in [-0.2, -0.15) is 0 Å². The average molecular weight is 278 g/mol. The Labute approximate surface area is 119 Å². The first kappa shape index (κ1) is 16.2. The van der Waals surface area contributed by atoms with Gasteiger partial charge >= 0.3 is 0 Å². The molecular formula is C15H22N2O3. The third-order valence-electron chi connectivity index (χ3n) is 2.83. The molecule has 0 radical (unpaired) electrons. The van der Waals surface area contributed by atoms with E-state index < -0.39 is 6.10 Å². The van der Waals surface area contributed by atoms with Crippen LogP contribution in [0.5, 0.6) is 5.75 Å². The van der Waals surface area contributed by atoms with Gasteiger partial charge in [0, 0.05) is 26.6 Å². The van der Waals surface area contributed by atoms with Crippen LogP contribution in [0.15, 0.2) is 36.4 Å². The minimum atomic E-state index is -0.520. The summed E-state index contributed by atoms with van der Waals surface area (Å²) in [7, 11) is 3.14. The van der Waals surface area contributed by atoms with Crippen LogP contribution in [-0.4, -0.2) is 39.3 Å². The molecule has 0 bridgehead atoms. The lowest BCUT2D eigenvalue weighted by Crippen LogP contribution is -2.37. The van der Waals surface area contributed by atoms with Crippen molar-refractivity contribution in [1.82, 2.24) is 5.32 Å². The first-order valence-corrected chi connectivity index (χ1v) is 6.49. The SMILES string of the molecule is COc1cccc(C[C@H](OC)C(=O)NC/C=C/CN)c1. The molecule has 0 saturated carbocycles. The first-order valence-electron chi connectivity index (χ1n) is 6.49. The Morgan fingerprint density at radius 2 is 2.20 bits per heavy atom. The summed E-state index contributed by atoms with van der Waals surface area (Å²) in [5.41, 5.74) is 6.31. The number of benzene rings is 1. The molecule has 1 aromatic rings. The molecule has 20 heavy (non-hydrogen) atoms. The number of nitrogens with two attached hydrogens (primary N) is 1. The Morgan fingerprint density at radius 1 is 1.40 bits per heavy atom. The van der Waals surface area contributed by atoms with Crippen molar-refractivity contribution >= 4 is 5.91 Å². The van der Waals surface area contributed by atoms with Gasteiger partial charge in [0.2, 0.25) is 5.91 Å². The fraction of sp³-hybridized carbons (Fsp3) is 0.400. The highest BCUT2D eigenvalue weighted by Gasteiger charge is 2.17. The van der Waals surface area contributed by atoms with Crippen LogP contribution in [0.3, 0.4) is 0 Å². The topological polar surface area (TPSA) is 73.6 Å². The van der Waals surface area contributed by atoms with Crippen molar-refractivity contribution in [3.05, 3.63) is 42.0 Å². The van der Waals surface area contributed by atoms with E-state index >= 15 is 0 Å². The minimum absolute atomic E-state index is 0.142. The zero-order valence-corrected chi connectivity index (χ0v) is 12.0. The largest absolute Gasteiger partial charge is 0.497 e. The predicted octanol–water partition coefficient (Wildman–Crippen LogP) is 0.884. The molecule has 1 rings (SSSR count). The van der Waals surface area contributed by atoms with E-state index in [-0.39, 0.29) is 5.91 Å². The number of hydrogen-bond donors (Lipinski definition) is 2. The van der Waals surface area contributed by atoms with Gasteiger partial charge in [-0.15, -0.1) is 0 Å². The molecule has 0 aliphatic carbocycles. The first-order chi connectivity index (χ1) is 9.71. The molecule has 1 amide bonds. The summed E-state index contributed by atoms with van der Waals surface area (Å²) in [4.78, 5) is 12.0. The molecule has 0 spiro atoms. The van der Waals surface area contributed by atoms with Crippen LogP contribution in [0, 0.1) is 0 Å². The van der Waals surface area contributed by atoms with Gasteiger partial charge in [-0.05, 0) is 17.7 Å². The highest BCUT2D eigenvalue weighted by atomic mass is 16.5. The van der Waals surface area contributed by atoms with E-state index in [2.05, 4.69) is 5.32 Å². The van der Waals surface area contributed by atoms with E-state index in [0.29, 0.717) is 19.5 Å². The van der Waals surface area contributed by atoms with Gasteiger partial charge in [0.15, 0.2) is 0 Å². The molecular weight excluding hydrogens is 256 g/mol. The third kappa shape index (κ3) is 5.42. The molecule has 5 heteroatoms. The normalized spacial score (nSPS) is 12.3. The van der Waals surface area contributed by atoms with Crippen LogP contribution in [0.2, 0.25) is 0 Å². The Balaban J connectivity index is 2.56. The predicted molar refractivity (Wildman–Crippen MR) is 78.7 cm³/mol. The van der Waals surface area contributed by atoms with E-state index in [1.54, 1.807) is 13.2 Å². The minimum Gasteiger partial charge on any atom is -0.497 e. The van der Waals surface area contributed by atoms with E-state index in [1.807, 2.05) is 30.3 Å². The van der Waals surface area contributed by atoms with Gasteiger partial charge in [-0.1, -0.05) is 24.3 Å². The molecule has 1 atom stereocenters. The van der Waals surface area contributed by atoms with E-state index in [1.165, 1.54) is 7.11 Å². The molecule has 0 aromatic heterocycles. The smallest absolute Gasteiger partial charge is 0.249 e. The Hall–Kier alpha value is -1.85. The Morgan fingerprint density at radius 3 is 2.85 bits per heavy atom. The third-order valence-corrected chi connectivity index (χ3v) is 2.83. The number of carbonyl (C=O) groups excluding carboxylic acids is 1. The molecule has 1 aromatic carbocycles. The highest BCUT2D eigenvalue weighted by Crippen LogP contribution is 2.14. The van der Waals surface area contributed by atoms with Crippen molar-refractivity contribution in [3.63, 3.8) is 0 Å². The molecule has 5 nitrogen and oxygen atoms in total.